The van der Waals surface area contributed by atoms with E-state index < -0.39 is 11.4 Å². The molecule has 16 heavy (non-hydrogen) atoms. The normalized spacial score (nSPS) is 10.9. The van der Waals surface area contributed by atoms with Crippen LogP contribution in [0.1, 0.15) is 36.8 Å². The number of aryl methyl sites for hydroxylation is 1. The monoisotopic (exact) mass is 220 g/mol. The number of aromatic nitrogens is 2. The number of hydrogen-bond donors (Lipinski definition) is 0. The molecule has 0 spiro atoms. The summed E-state index contributed by atoms with van der Waals surface area (Å²) in [5.74, 6) is 2.22. The van der Waals surface area contributed by atoms with Gasteiger partial charge in [-0.25, -0.2) is 4.79 Å². The van der Waals surface area contributed by atoms with Gasteiger partial charge in [0.2, 0.25) is 0 Å². The number of rotatable bonds is 3. The van der Waals surface area contributed by atoms with E-state index in [-0.39, 0.29) is 0 Å². The van der Waals surface area contributed by atoms with Gasteiger partial charge in [-0.15, -0.1) is 6.42 Å². The fraction of sp³-hybridized carbons (Fsp3) is 0.500. The molecule has 1 rings (SSSR count). The zero-order valence-corrected chi connectivity index (χ0v) is 10.1. The summed E-state index contributed by atoms with van der Waals surface area (Å²) in [5.41, 5.74) is 0.486. The van der Waals surface area contributed by atoms with Crippen LogP contribution in [0.25, 0.3) is 0 Å². The van der Waals surface area contributed by atoms with Crippen molar-refractivity contribution in [2.24, 2.45) is 7.05 Å². The van der Waals surface area contributed by atoms with Crippen LogP contribution >= 0.6 is 0 Å². The Morgan fingerprint density at radius 1 is 1.69 bits per heavy atom. The largest absolute Gasteiger partial charge is 0.461 e. The number of esters is 1. The molecule has 0 fully saturated rings. The molecular weight excluding hydrogens is 204 g/mol. The van der Waals surface area contributed by atoms with Gasteiger partial charge >= 0.3 is 5.97 Å². The SMILES string of the molecule is C#CC(C)(C)c1cn(C)nc1C(=O)OCC. The van der Waals surface area contributed by atoms with E-state index in [9.17, 15) is 4.79 Å². The lowest BCUT2D eigenvalue weighted by molar-refractivity contribution is 0.0516. The first-order chi connectivity index (χ1) is 7.42. The summed E-state index contributed by atoms with van der Waals surface area (Å²) >= 11 is 0. The molecule has 1 heterocycles. The minimum Gasteiger partial charge on any atom is -0.461 e. The Bertz CT molecular complexity index is 438. The predicted molar refractivity (Wildman–Crippen MR) is 61.0 cm³/mol. The number of nitrogens with zero attached hydrogens (tertiary/aromatic N) is 2. The van der Waals surface area contributed by atoms with Crippen molar-refractivity contribution in [2.75, 3.05) is 6.61 Å². The van der Waals surface area contributed by atoms with E-state index in [4.69, 9.17) is 11.2 Å². The van der Waals surface area contributed by atoms with Crippen LogP contribution in [-0.2, 0) is 17.2 Å². The molecule has 0 radical (unpaired) electrons. The molecule has 0 saturated carbocycles. The molecule has 0 aromatic carbocycles. The molecule has 86 valence electrons. The Labute approximate surface area is 95.6 Å². The first-order valence-corrected chi connectivity index (χ1v) is 5.11. The average Bonchev–Trinajstić information content (AvgIpc) is 2.61. The molecule has 0 amide bonds. The summed E-state index contributed by atoms with van der Waals surface area (Å²) in [6.45, 7) is 5.82. The number of carbonyl (C=O) groups is 1. The van der Waals surface area contributed by atoms with E-state index in [1.165, 1.54) is 0 Å². The minimum absolute atomic E-state index is 0.298. The zero-order valence-electron chi connectivity index (χ0n) is 10.1. The zero-order chi connectivity index (χ0) is 12.3. The molecule has 0 N–H and O–H groups in total. The van der Waals surface area contributed by atoms with E-state index in [0.29, 0.717) is 12.3 Å². The van der Waals surface area contributed by atoms with Gasteiger partial charge in [-0.2, -0.15) is 5.10 Å². The molecule has 0 unspecified atom stereocenters. The van der Waals surface area contributed by atoms with Gasteiger partial charge in [0, 0.05) is 18.8 Å². The van der Waals surface area contributed by atoms with E-state index >= 15 is 0 Å². The summed E-state index contributed by atoms with van der Waals surface area (Å²) < 4.78 is 6.51. The third kappa shape index (κ3) is 2.25. The van der Waals surface area contributed by atoms with Crippen LogP contribution in [0.3, 0.4) is 0 Å². The molecule has 4 nitrogen and oxygen atoms in total. The smallest absolute Gasteiger partial charge is 0.359 e. The molecule has 0 aliphatic rings. The maximum Gasteiger partial charge on any atom is 0.359 e. The molecule has 4 heteroatoms. The Morgan fingerprint density at radius 3 is 2.81 bits per heavy atom. The molecule has 1 aromatic heterocycles. The second-order valence-corrected chi connectivity index (χ2v) is 4.05. The van der Waals surface area contributed by atoms with Crippen molar-refractivity contribution < 1.29 is 9.53 Å². The van der Waals surface area contributed by atoms with Crippen molar-refractivity contribution in [1.82, 2.24) is 9.78 Å². The van der Waals surface area contributed by atoms with Crippen LogP contribution in [0.4, 0.5) is 0 Å². The van der Waals surface area contributed by atoms with Crippen molar-refractivity contribution in [3.8, 4) is 12.3 Å². The van der Waals surface area contributed by atoms with Gasteiger partial charge < -0.3 is 4.74 Å². The minimum atomic E-state index is -0.531. The van der Waals surface area contributed by atoms with Crippen molar-refractivity contribution in [3.05, 3.63) is 17.5 Å². The maximum absolute atomic E-state index is 11.7. The molecule has 1 aromatic rings. The van der Waals surface area contributed by atoms with Gasteiger partial charge in [-0.3, -0.25) is 4.68 Å². The maximum atomic E-state index is 11.7. The van der Waals surface area contributed by atoms with E-state index in [2.05, 4.69) is 11.0 Å². The van der Waals surface area contributed by atoms with Crippen LogP contribution in [0, 0.1) is 12.3 Å². The van der Waals surface area contributed by atoms with Crippen molar-refractivity contribution in [1.29, 1.82) is 0 Å². The fourth-order valence-electron chi connectivity index (χ4n) is 1.37. The van der Waals surface area contributed by atoms with Gasteiger partial charge in [0.15, 0.2) is 5.69 Å². The molecule has 0 aliphatic heterocycles. The first kappa shape index (κ1) is 12.3. The summed E-state index contributed by atoms with van der Waals surface area (Å²) in [6, 6.07) is 0. The second-order valence-electron chi connectivity index (χ2n) is 4.05. The van der Waals surface area contributed by atoms with Crippen LogP contribution < -0.4 is 0 Å². The third-order valence-corrected chi connectivity index (χ3v) is 2.33. The molecule has 0 atom stereocenters. The molecular formula is C12H16N2O2. The number of hydrogen-bond acceptors (Lipinski definition) is 3. The van der Waals surface area contributed by atoms with Crippen molar-refractivity contribution in [3.63, 3.8) is 0 Å². The number of carbonyl (C=O) groups excluding carboxylic acids is 1. The average molecular weight is 220 g/mol. The predicted octanol–water partition coefficient (Wildman–Crippen LogP) is 1.51. The summed E-state index contributed by atoms with van der Waals surface area (Å²) in [7, 11) is 1.75. The standard InChI is InChI=1S/C12H16N2O2/c1-6-12(3,4)9-8-14(5)13-10(9)11(15)16-7-2/h1,8H,7H2,2-5H3. The molecule has 0 bridgehead atoms. The summed E-state index contributed by atoms with van der Waals surface area (Å²) in [4.78, 5) is 11.7. The van der Waals surface area contributed by atoms with Gasteiger partial charge in [-0.1, -0.05) is 5.92 Å². The Kier molecular flexibility index (Phi) is 3.38. The van der Waals surface area contributed by atoms with Crippen LogP contribution in [0.15, 0.2) is 6.20 Å². The van der Waals surface area contributed by atoms with Gasteiger partial charge in [-0.05, 0) is 20.8 Å². The molecule has 0 aliphatic carbocycles. The lowest BCUT2D eigenvalue weighted by Crippen LogP contribution is -2.18. The quantitative estimate of drug-likeness (QED) is 0.573. The van der Waals surface area contributed by atoms with Crippen LogP contribution in [0.5, 0.6) is 0 Å². The fourth-order valence-corrected chi connectivity index (χ4v) is 1.37. The Hall–Kier alpha value is -1.76. The third-order valence-electron chi connectivity index (χ3n) is 2.33. The van der Waals surface area contributed by atoms with Crippen molar-refractivity contribution in [2.45, 2.75) is 26.2 Å². The van der Waals surface area contributed by atoms with Crippen molar-refractivity contribution >= 4 is 5.97 Å². The van der Waals surface area contributed by atoms with Gasteiger partial charge in [0.05, 0.1) is 12.0 Å². The highest BCUT2D eigenvalue weighted by atomic mass is 16.5. The topological polar surface area (TPSA) is 44.1 Å². The molecule has 0 saturated heterocycles. The van der Waals surface area contributed by atoms with E-state index in [1.54, 1.807) is 24.9 Å². The number of ether oxygens (including phenoxy) is 1. The summed E-state index contributed by atoms with van der Waals surface area (Å²) in [5, 5.41) is 4.09. The Balaban J connectivity index is 3.21. The van der Waals surface area contributed by atoms with Gasteiger partial charge in [0.1, 0.15) is 0 Å². The lowest BCUT2D eigenvalue weighted by Gasteiger charge is -2.16. The number of terminal acetylenes is 1. The second kappa shape index (κ2) is 4.40. The van der Waals surface area contributed by atoms with E-state index in [1.807, 2.05) is 13.8 Å². The first-order valence-electron chi connectivity index (χ1n) is 5.11. The highest BCUT2D eigenvalue weighted by molar-refractivity contribution is 5.89. The lowest BCUT2D eigenvalue weighted by atomic mass is 9.86. The van der Waals surface area contributed by atoms with Crippen LogP contribution in [-0.4, -0.2) is 22.4 Å². The Morgan fingerprint density at radius 2 is 2.31 bits per heavy atom. The highest BCUT2D eigenvalue weighted by Crippen LogP contribution is 2.25. The van der Waals surface area contributed by atoms with E-state index in [0.717, 1.165) is 5.56 Å². The van der Waals surface area contributed by atoms with Gasteiger partial charge in [0.25, 0.3) is 0 Å². The summed E-state index contributed by atoms with van der Waals surface area (Å²) in [6.07, 6.45) is 7.21. The van der Waals surface area contributed by atoms with Crippen LogP contribution in [0.2, 0.25) is 0 Å². The highest BCUT2D eigenvalue weighted by Gasteiger charge is 2.28.